The molecule has 102 valence electrons. The third-order valence-corrected chi connectivity index (χ3v) is 3.90. The number of rotatable bonds is 3. The van der Waals surface area contributed by atoms with Gasteiger partial charge in [0.2, 0.25) is 0 Å². The van der Waals surface area contributed by atoms with Crippen molar-refractivity contribution in [1.29, 1.82) is 5.26 Å². The lowest BCUT2D eigenvalue weighted by molar-refractivity contribution is 0.0696. The third kappa shape index (κ3) is 2.42. The van der Waals surface area contributed by atoms with Gasteiger partial charge in [-0.2, -0.15) is 5.26 Å². The van der Waals surface area contributed by atoms with Crippen molar-refractivity contribution in [2.75, 3.05) is 0 Å². The predicted molar refractivity (Wildman–Crippen MR) is 78.6 cm³/mol. The SMILES string of the molecule is N#Cc1cn(-c2ccc(C(=O)O)cn2)cc1-c1cccs1. The zero-order chi connectivity index (χ0) is 14.8. The molecule has 0 radical (unpaired) electrons. The fraction of sp³-hybridized carbons (Fsp3) is 0. The minimum Gasteiger partial charge on any atom is -0.478 e. The van der Waals surface area contributed by atoms with Crippen LogP contribution in [-0.4, -0.2) is 20.6 Å². The molecule has 0 bridgehead atoms. The first-order valence-electron chi connectivity index (χ1n) is 6.05. The summed E-state index contributed by atoms with van der Waals surface area (Å²) in [6.45, 7) is 0. The highest BCUT2D eigenvalue weighted by molar-refractivity contribution is 7.13. The standard InChI is InChI=1S/C15H9N3O2S/c16-6-11-8-18(9-12(11)13-2-1-5-21-13)14-4-3-10(7-17-14)15(19)20/h1-5,7-9H,(H,19,20). The van der Waals surface area contributed by atoms with Gasteiger partial charge in [0, 0.05) is 29.0 Å². The van der Waals surface area contributed by atoms with E-state index in [1.807, 2.05) is 23.7 Å². The Bertz CT molecular complexity index is 827. The molecule has 3 aromatic rings. The van der Waals surface area contributed by atoms with Crippen LogP contribution in [0.2, 0.25) is 0 Å². The molecule has 0 aliphatic carbocycles. The molecule has 0 fully saturated rings. The minimum absolute atomic E-state index is 0.130. The molecule has 0 unspecified atom stereocenters. The van der Waals surface area contributed by atoms with E-state index in [1.165, 1.54) is 12.3 Å². The number of hydrogen-bond acceptors (Lipinski definition) is 4. The second-order valence-electron chi connectivity index (χ2n) is 4.29. The van der Waals surface area contributed by atoms with Gasteiger partial charge in [0.05, 0.1) is 11.1 Å². The van der Waals surface area contributed by atoms with Crippen LogP contribution in [0.15, 0.2) is 48.2 Å². The molecule has 0 aromatic carbocycles. The summed E-state index contributed by atoms with van der Waals surface area (Å²) in [4.78, 5) is 15.9. The number of carboxylic acid groups (broad SMARTS) is 1. The molecule has 5 nitrogen and oxygen atoms in total. The predicted octanol–water partition coefficient (Wildman–Crippen LogP) is 3.17. The lowest BCUT2D eigenvalue weighted by Crippen LogP contribution is -2.00. The summed E-state index contributed by atoms with van der Waals surface area (Å²) in [5.74, 6) is -0.446. The van der Waals surface area contributed by atoms with Gasteiger partial charge < -0.3 is 9.67 Å². The number of nitriles is 1. The Morgan fingerprint density at radius 2 is 2.19 bits per heavy atom. The Kier molecular flexibility index (Phi) is 3.26. The van der Waals surface area contributed by atoms with Crippen molar-refractivity contribution in [2.45, 2.75) is 0 Å². The van der Waals surface area contributed by atoms with Crippen molar-refractivity contribution in [3.63, 3.8) is 0 Å². The van der Waals surface area contributed by atoms with Crippen LogP contribution < -0.4 is 0 Å². The molecule has 0 atom stereocenters. The Hall–Kier alpha value is -2.91. The van der Waals surface area contributed by atoms with Crippen LogP contribution in [0, 0.1) is 11.3 Å². The smallest absolute Gasteiger partial charge is 0.337 e. The van der Waals surface area contributed by atoms with Crippen LogP contribution in [-0.2, 0) is 0 Å². The average molecular weight is 295 g/mol. The molecule has 0 aliphatic heterocycles. The number of nitrogens with zero attached hydrogens (tertiary/aromatic N) is 3. The maximum absolute atomic E-state index is 10.8. The number of carbonyl (C=O) groups is 1. The lowest BCUT2D eigenvalue weighted by atomic mass is 10.2. The lowest BCUT2D eigenvalue weighted by Gasteiger charge is -2.01. The molecular formula is C15H9N3O2S. The van der Waals surface area contributed by atoms with Gasteiger partial charge in [-0.3, -0.25) is 0 Å². The number of thiophene rings is 1. The number of aromatic carboxylic acids is 1. The summed E-state index contributed by atoms with van der Waals surface area (Å²) in [7, 11) is 0. The molecular weight excluding hydrogens is 286 g/mol. The van der Waals surface area contributed by atoms with E-state index < -0.39 is 5.97 Å². The maximum atomic E-state index is 10.8. The first-order chi connectivity index (χ1) is 10.2. The van der Waals surface area contributed by atoms with Gasteiger partial charge in [0.1, 0.15) is 11.9 Å². The van der Waals surface area contributed by atoms with E-state index in [9.17, 15) is 10.1 Å². The van der Waals surface area contributed by atoms with E-state index in [0.29, 0.717) is 11.4 Å². The molecule has 3 rings (SSSR count). The molecule has 1 N–H and O–H groups in total. The minimum atomic E-state index is -1.02. The van der Waals surface area contributed by atoms with Crippen molar-refractivity contribution in [1.82, 2.24) is 9.55 Å². The second kappa shape index (κ2) is 5.23. The molecule has 0 saturated heterocycles. The fourth-order valence-electron chi connectivity index (χ4n) is 1.97. The second-order valence-corrected chi connectivity index (χ2v) is 5.24. The van der Waals surface area contributed by atoms with E-state index in [4.69, 9.17) is 5.11 Å². The third-order valence-electron chi connectivity index (χ3n) is 2.99. The van der Waals surface area contributed by atoms with Crippen LogP contribution in [0.5, 0.6) is 0 Å². The number of aromatic nitrogens is 2. The van der Waals surface area contributed by atoms with Crippen molar-refractivity contribution in [3.05, 3.63) is 59.4 Å². The topological polar surface area (TPSA) is 78.9 Å². The number of hydrogen-bond donors (Lipinski definition) is 1. The van der Waals surface area contributed by atoms with Gasteiger partial charge in [0.15, 0.2) is 0 Å². The van der Waals surface area contributed by atoms with Crippen LogP contribution in [0.1, 0.15) is 15.9 Å². The van der Waals surface area contributed by atoms with Crippen molar-refractivity contribution in [2.24, 2.45) is 0 Å². The van der Waals surface area contributed by atoms with Crippen molar-refractivity contribution in [3.8, 4) is 22.3 Å². The molecule has 0 spiro atoms. The van der Waals surface area contributed by atoms with Crippen molar-refractivity contribution < 1.29 is 9.90 Å². The Morgan fingerprint density at radius 3 is 2.76 bits per heavy atom. The molecule has 0 amide bonds. The van der Waals surface area contributed by atoms with Crippen LogP contribution in [0.4, 0.5) is 0 Å². The zero-order valence-corrected chi connectivity index (χ0v) is 11.5. The fourth-order valence-corrected chi connectivity index (χ4v) is 2.72. The molecule has 0 saturated carbocycles. The van der Waals surface area contributed by atoms with Gasteiger partial charge in [-0.1, -0.05) is 6.07 Å². The summed E-state index contributed by atoms with van der Waals surface area (Å²) in [6.07, 6.45) is 4.82. The van der Waals surface area contributed by atoms with Crippen molar-refractivity contribution >= 4 is 17.3 Å². The average Bonchev–Trinajstić information content (AvgIpc) is 3.16. The largest absolute Gasteiger partial charge is 0.478 e. The van der Waals surface area contributed by atoms with E-state index in [1.54, 1.807) is 28.2 Å². The van der Waals surface area contributed by atoms with Gasteiger partial charge in [-0.15, -0.1) is 11.3 Å². The number of pyridine rings is 1. The normalized spacial score (nSPS) is 10.2. The molecule has 0 aliphatic rings. The molecule has 3 aromatic heterocycles. The Balaban J connectivity index is 2.04. The summed E-state index contributed by atoms with van der Waals surface area (Å²) in [5, 5.41) is 20.1. The molecule has 3 heterocycles. The van der Waals surface area contributed by atoms with Gasteiger partial charge >= 0.3 is 5.97 Å². The van der Waals surface area contributed by atoms with E-state index >= 15 is 0 Å². The number of carboxylic acids is 1. The molecule has 21 heavy (non-hydrogen) atoms. The van der Waals surface area contributed by atoms with E-state index in [2.05, 4.69) is 11.1 Å². The van der Waals surface area contributed by atoms with Crippen LogP contribution in [0.3, 0.4) is 0 Å². The summed E-state index contributed by atoms with van der Waals surface area (Å²) < 4.78 is 1.72. The first-order valence-corrected chi connectivity index (χ1v) is 6.92. The highest BCUT2D eigenvalue weighted by Gasteiger charge is 2.11. The van der Waals surface area contributed by atoms with Crippen LogP contribution in [0.25, 0.3) is 16.3 Å². The Labute approximate surface area is 124 Å². The summed E-state index contributed by atoms with van der Waals surface area (Å²) in [6, 6.07) is 9.15. The van der Waals surface area contributed by atoms with Gasteiger partial charge in [-0.05, 0) is 23.6 Å². The van der Waals surface area contributed by atoms with Gasteiger partial charge in [-0.25, -0.2) is 9.78 Å². The monoisotopic (exact) mass is 295 g/mol. The summed E-state index contributed by atoms with van der Waals surface area (Å²) >= 11 is 1.56. The molecule has 6 heteroatoms. The van der Waals surface area contributed by atoms with Crippen LogP contribution >= 0.6 is 11.3 Å². The highest BCUT2D eigenvalue weighted by atomic mass is 32.1. The maximum Gasteiger partial charge on any atom is 0.337 e. The van der Waals surface area contributed by atoms with E-state index in [0.717, 1.165) is 10.4 Å². The van der Waals surface area contributed by atoms with Gasteiger partial charge in [0.25, 0.3) is 0 Å². The first kappa shape index (κ1) is 13.1. The van der Waals surface area contributed by atoms with E-state index in [-0.39, 0.29) is 5.56 Å². The summed E-state index contributed by atoms with van der Waals surface area (Å²) in [5.41, 5.74) is 1.53. The quantitative estimate of drug-likeness (QED) is 0.805. The zero-order valence-electron chi connectivity index (χ0n) is 10.7. The Morgan fingerprint density at radius 1 is 1.33 bits per heavy atom. The highest BCUT2D eigenvalue weighted by Crippen LogP contribution is 2.29.